The van der Waals surface area contributed by atoms with Crippen molar-refractivity contribution in [2.75, 3.05) is 31.1 Å². The number of rotatable bonds is 4. The molecule has 3 aliphatic rings. The number of aromatic nitrogens is 1. The fourth-order valence-corrected chi connectivity index (χ4v) is 6.39. The van der Waals surface area contributed by atoms with Crippen LogP contribution < -0.4 is 4.74 Å². The van der Waals surface area contributed by atoms with Gasteiger partial charge in [-0.1, -0.05) is 0 Å². The van der Waals surface area contributed by atoms with Gasteiger partial charge in [-0.05, 0) is 24.3 Å². The van der Waals surface area contributed by atoms with E-state index in [1.165, 1.54) is 29.5 Å². The van der Waals surface area contributed by atoms with Crippen molar-refractivity contribution in [3.8, 4) is 16.3 Å². The van der Waals surface area contributed by atoms with Gasteiger partial charge in [0.2, 0.25) is 5.91 Å². The SMILES string of the molecule is CC(=O)N1CCc2nc(-c3ccc(O[C@H]4C[C@H](N5CCSCC5)C4)cc3)sc2C1. The van der Waals surface area contributed by atoms with Crippen LogP contribution in [-0.2, 0) is 17.8 Å². The highest BCUT2D eigenvalue weighted by atomic mass is 32.2. The van der Waals surface area contributed by atoms with Crippen LogP contribution in [-0.4, -0.2) is 64.0 Å². The van der Waals surface area contributed by atoms with E-state index in [1.807, 2.05) is 4.90 Å². The second kappa shape index (κ2) is 8.28. The monoisotopic (exact) mass is 429 g/mol. The van der Waals surface area contributed by atoms with Gasteiger partial charge in [-0.3, -0.25) is 9.69 Å². The molecular weight excluding hydrogens is 402 g/mol. The van der Waals surface area contributed by atoms with Crippen LogP contribution in [0.2, 0.25) is 0 Å². The number of carbonyl (C=O) groups is 1. The first-order valence-electron chi connectivity index (χ1n) is 10.5. The second-order valence-corrected chi connectivity index (χ2v) is 10.4. The fourth-order valence-electron chi connectivity index (χ4n) is 4.33. The Morgan fingerprint density at radius 2 is 1.90 bits per heavy atom. The molecule has 5 rings (SSSR count). The summed E-state index contributed by atoms with van der Waals surface area (Å²) in [5, 5.41) is 1.04. The highest BCUT2D eigenvalue weighted by molar-refractivity contribution is 7.99. The first-order valence-corrected chi connectivity index (χ1v) is 12.5. The molecule has 3 heterocycles. The number of fused-ring (bicyclic) bond motifs is 1. The molecule has 2 aliphatic heterocycles. The maximum atomic E-state index is 11.6. The summed E-state index contributed by atoms with van der Waals surface area (Å²) in [5.74, 6) is 3.65. The summed E-state index contributed by atoms with van der Waals surface area (Å²) in [6.45, 7) is 5.58. The second-order valence-electron chi connectivity index (χ2n) is 8.12. The van der Waals surface area contributed by atoms with Crippen LogP contribution in [0.15, 0.2) is 24.3 Å². The summed E-state index contributed by atoms with van der Waals surface area (Å²) in [6, 6.07) is 9.09. The standard InChI is InChI=1S/C22H27N3O2S2/c1-15(26)25-7-6-20-21(14-25)29-22(23-20)16-2-4-18(5-3-16)27-19-12-17(13-19)24-8-10-28-11-9-24/h2-5,17,19H,6-14H2,1H3/t17-,19-. The number of thiazole rings is 1. The number of amides is 1. The third-order valence-electron chi connectivity index (χ3n) is 6.21. The van der Waals surface area contributed by atoms with Gasteiger partial charge in [-0.2, -0.15) is 11.8 Å². The minimum atomic E-state index is 0.143. The molecule has 1 aromatic heterocycles. The Labute approximate surface area is 180 Å². The zero-order valence-corrected chi connectivity index (χ0v) is 18.4. The van der Waals surface area contributed by atoms with Gasteiger partial charge in [-0.25, -0.2) is 4.98 Å². The van der Waals surface area contributed by atoms with Gasteiger partial charge in [-0.15, -0.1) is 11.3 Å². The van der Waals surface area contributed by atoms with E-state index in [1.54, 1.807) is 18.3 Å². The van der Waals surface area contributed by atoms with Gasteiger partial charge >= 0.3 is 0 Å². The van der Waals surface area contributed by atoms with Crippen LogP contribution in [0.4, 0.5) is 0 Å². The lowest BCUT2D eigenvalue weighted by Crippen LogP contribution is -2.51. The molecular formula is C22H27N3O2S2. The molecule has 0 radical (unpaired) electrons. The van der Waals surface area contributed by atoms with E-state index in [0.717, 1.165) is 53.9 Å². The van der Waals surface area contributed by atoms with Gasteiger partial charge < -0.3 is 9.64 Å². The number of nitrogens with zero attached hydrogens (tertiary/aromatic N) is 3. The smallest absolute Gasteiger partial charge is 0.219 e. The lowest BCUT2D eigenvalue weighted by Gasteiger charge is -2.44. The number of thioether (sulfide) groups is 1. The van der Waals surface area contributed by atoms with E-state index in [9.17, 15) is 4.79 Å². The summed E-state index contributed by atoms with van der Waals surface area (Å²) < 4.78 is 6.19. The van der Waals surface area contributed by atoms with Crippen molar-refractivity contribution in [1.29, 1.82) is 0 Å². The summed E-state index contributed by atoms with van der Waals surface area (Å²) in [4.78, 5) is 22.2. The number of carbonyl (C=O) groups excluding carboxylic acids is 1. The van der Waals surface area contributed by atoms with Gasteiger partial charge in [0.05, 0.1) is 12.2 Å². The molecule has 1 aliphatic carbocycles. The normalized spacial score (nSPS) is 24.7. The zero-order chi connectivity index (χ0) is 19.8. The maximum Gasteiger partial charge on any atom is 0.219 e. The minimum Gasteiger partial charge on any atom is -0.490 e. The fraction of sp³-hybridized carbons (Fsp3) is 0.545. The van der Waals surface area contributed by atoms with Crippen molar-refractivity contribution in [1.82, 2.24) is 14.8 Å². The van der Waals surface area contributed by atoms with Gasteiger partial charge in [0.15, 0.2) is 0 Å². The van der Waals surface area contributed by atoms with Crippen molar-refractivity contribution >= 4 is 29.0 Å². The van der Waals surface area contributed by atoms with Gasteiger partial charge in [0.25, 0.3) is 0 Å². The molecule has 2 fully saturated rings. The van der Waals surface area contributed by atoms with E-state index in [4.69, 9.17) is 9.72 Å². The highest BCUT2D eigenvalue weighted by Gasteiger charge is 2.35. The predicted molar refractivity (Wildman–Crippen MR) is 119 cm³/mol. The molecule has 7 heteroatoms. The number of hydrogen-bond acceptors (Lipinski definition) is 6. The van der Waals surface area contributed by atoms with E-state index in [0.29, 0.717) is 12.6 Å². The molecule has 154 valence electrons. The summed E-state index contributed by atoms with van der Waals surface area (Å²) >= 11 is 3.78. The van der Waals surface area contributed by atoms with Gasteiger partial charge in [0.1, 0.15) is 16.9 Å². The Balaban J connectivity index is 1.18. The predicted octanol–water partition coefficient (Wildman–Crippen LogP) is 3.67. The van der Waals surface area contributed by atoms with Crippen molar-refractivity contribution in [2.24, 2.45) is 0 Å². The van der Waals surface area contributed by atoms with Crippen LogP contribution in [0, 0.1) is 0 Å². The summed E-state index contributed by atoms with van der Waals surface area (Å²) in [7, 11) is 0. The summed E-state index contributed by atoms with van der Waals surface area (Å²) in [6.07, 6.45) is 3.51. The molecule has 0 unspecified atom stereocenters. The molecule has 0 N–H and O–H groups in total. The molecule has 0 spiro atoms. The van der Waals surface area contributed by atoms with Gasteiger partial charge in [0, 0.05) is 73.8 Å². The molecule has 2 aromatic rings. The average molecular weight is 430 g/mol. The van der Waals surface area contributed by atoms with E-state index >= 15 is 0 Å². The van der Waals surface area contributed by atoms with Crippen molar-refractivity contribution in [3.63, 3.8) is 0 Å². The molecule has 5 nitrogen and oxygen atoms in total. The molecule has 29 heavy (non-hydrogen) atoms. The van der Waals surface area contributed by atoms with Crippen LogP contribution in [0.1, 0.15) is 30.3 Å². The molecule has 0 bridgehead atoms. The Morgan fingerprint density at radius 3 is 2.62 bits per heavy atom. The third-order valence-corrected chi connectivity index (χ3v) is 8.29. The number of hydrogen-bond donors (Lipinski definition) is 0. The molecule has 0 atom stereocenters. The van der Waals surface area contributed by atoms with Crippen LogP contribution in [0.5, 0.6) is 5.75 Å². The lowest BCUT2D eigenvalue weighted by atomic mass is 9.87. The van der Waals surface area contributed by atoms with E-state index in [-0.39, 0.29) is 5.91 Å². The quantitative estimate of drug-likeness (QED) is 0.742. The molecule has 1 amide bonds. The lowest BCUT2D eigenvalue weighted by molar-refractivity contribution is -0.129. The third kappa shape index (κ3) is 4.18. The van der Waals surface area contributed by atoms with Crippen LogP contribution in [0.3, 0.4) is 0 Å². The highest BCUT2D eigenvalue weighted by Crippen LogP contribution is 2.34. The molecule has 1 aromatic carbocycles. The zero-order valence-electron chi connectivity index (χ0n) is 16.8. The first kappa shape index (κ1) is 19.4. The maximum absolute atomic E-state index is 11.6. The van der Waals surface area contributed by atoms with Crippen molar-refractivity contribution < 1.29 is 9.53 Å². The largest absolute Gasteiger partial charge is 0.490 e. The van der Waals surface area contributed by atoms with Crippen LogP contribution in [0.25, 0.3) is 10.6 Å². The van der Waals surface area contributed by atoms with E-state index < -0.39 is 0 Å². The van der Waals surface area contributed by atoms with E-state index in [2.05, 4.69) is 40.9 Å². The Bertz CT molecular complexity index is 871. The Morgan fingerprint density at radius 1 is 1.14 bits per heavy atom. The average Bonchev–Trinajstić information content (AvgIpc) is 3.15. The summed E-state index contributed by atoms with van der Waals surface area (Å²) in [5.41, 5.74) is 2.28. The minimum absolute atomic E-state index is 0.143. The van der Waals surface area contributed by atoms with Crippen LogP contribution >= 0.6 is 23.1 Å². The Kier molecular flexibility index (Phi) is 5.54. The Hall–Kier alpha value is -1.57. The topological polar surface area (TPSA) is 45.7 Å². The van der Waals surface area contributed by atoms with Crippen molar-refractivity contribution in [2.45, 2.75) is 44.9 Å². The number of benzene rings is 1. The molecule has 1 saturated heterocycles. The molecule has 1 saturated carbocycles. The first-order chi connectivity index (χ1) is 14.2. The van der Waals surface area contributed by atoms with Crippen molar-refractivity contribution in [3.05, 3.63) is 34.8 Å². The number of ether oxygens (including phenoxy) is 1.